The van der Waals surface area contributed by atoms with Gasteiger partial charge in [0.05, 0.1) is 12.1 Å². The molecule has 0 amide bonds. The Bertz CT molecular complexity index is 480. The largest absolute Gasteiger partial charge is 0.481 e. The first-order chi connectivity index (χ1) is 7.75. The molecular weight excluding hydrogens is 204 g/mol. The van der Waals surface area contributed by atoms with Gasteiger partial charge in [0.2, 0.25) is 0 Å². The van der Waals surface area contributed by atoms with Gasteiger partial charge < -0.3 is 5.11 Å². The number of hydrogen-bond acceptors (Lipinski definition) is 3. The highest BCUT2D eigenvalue weighted by Crippen LogP contribution is 2.16. The topological polar surface area (TPSA) is 63.1 Å². The zero-order chi connectivity index (χ0) is 11.4. The highest BCUT2D eigenvalue weighted by Gasteiger charge is 2.02. The Morgan fingerprint density at radius 2 is 2.00 bits per heavy atom. The molecule has 2 aromatic rings. The Labute approximate surface area is 92.6 Å². The van der Waals surface area contributed by atoms with Crippen molar-refractivity contribution in [2.45, 2.75) is 6.42 Å². The van der Waals surface area contributed by atoms with Crippen LogP contribution in [0.15, 0.2) is 42.9 Å². The second kappa shape index (κ2) is 4.53. The van der Waals surface area contributed by atoms with Gasteiger partial charge in [-0.15, -0.1) is 0 Å². The van der Waals surface area contributed by atoms with Gasteiger partial charge in [-0.2, -0.15) is 0 Å². The predicted molar refractivity (Wildman–Crippen MR) is 58.8 cm³/mol. The van der Waals surface area contributed by atoms with Gasteiger partial charge in [0, 0.05) is 29.7 Å². The fourth-order valence-corrected chi connectivity index (χ4v) is 1.39. The SMILES string of the molecule is O=C(O)Cc1ccc(-c2cccnc2)cn1. The first-order valence-electron chi connectivity index (χ1n) is 4.83. The van der Waals surface area contributed by atoms with Crippen molar-refractivity contribution in [3.8, 4) is 11.1 Å². The lowest BCUT2D eigenvalue weighted by Crippen LogP contribution is -2.01. The number of aromatic nitrogens is 2. The normalized spacial score (nSPS) is 10.0. The summed E-state index contributed by atoms with van der Waals surface area (Å²) in [6.07, 6.45) is 5.06. The number of nitrogens with zero attached hydrogens (tertiary/aromatic N) is 2. The lowest BCUT2D eigenvalue weighted by molar-refractivity contribution is -0.136. The Morgan fingerprint density at radius 3 is 2.56 bits per heavy atom. The number of pyridine rings is 2. The summed E-state index contributed by atoms with van der Waals surface area (Å²) in [7, 11) is 0. The van der Waals surface area contributed by atoms with Crippen molar-refractivity contribution in [2.24, 2.45) is 0 Å². The van der Waals surface area contributed by atoms with Gasteiger partial charge in [-0.1, -0.05) is 12.1 Å². The molecule has 0 bridgehead atoms. The smallest absolute Gasteiger partial charge is 0.309 e. The van der Waals surface area contributed by atoms with E-state index in [1.165, 1.54) is 0 Å². The first kappa shape index (κ1) is 10.3. The van der Waals surface area contributed by atoms with Gasteiger partial charge in [-0.25, -0.2) is 0 Å². The summed E-state index contributed by atoms with van der Waals surface area (Å²) >= 11 is 0. The van der Waals surface area contributed by atoms with Crippen LogP contribution in [-0.4, -0.2) is 21.0 Å². The third kappa shape index (κ3) is 2.42. The maximum absolute atomic E-state index is 10.5. The predicted octanol–water partition coefficient (Wildman–Crippen LogP) is 1.77. The van der Waals surface area contributed by atoms with E-state index < -0.39 is 5.97 Å². The molecule has 4 nitrogen and oxygen atoms in total. The van der Waals surface area contributed by atoms with Crippen LogP contribution in [0.25, 0.3) is 11.1 Å². The summed E-state index contributed by atoms with van der Waals surface area (Å²) in [4.78, 5) is 18.6. The van der Waals surface area contributed by atoms with Crippen LogP contribution >= 0.6 is 0 Å². The number of carbonyl (C=O) groups is 1. The average molecular weight is 214 g/mol. The molecule has 4 heteroatoms. The Morgan fingerprint density at radius 1 is 1.19 bits per heavy atom. The van der Waals surface area contributed by atoms with Crippen LogP contribution in [0.3, 0.4) is 0 Å². The molecule has 1 N–H and O–H groups in total. The summed E-state index contributed by atoms with van der Waals surface area (Å²) in [5.41, 5.74) is 2.46. The molecule has 2 rings (SSSR count). The Balaban J connectivity index is 2.23. The molecule has 0 unspecified atom stereocenters. The zero-order valence-electron chi connectivity index (χ0n) is 8.50. The minimum atomic E-state index is -0.873. The fourth-order valence-electron chi connectivity index (χ4n) is 1.39. The van der Waals surface area contributed by atoms with E-state index in [9.17, 15) is 4.79 Å². The minimum Gasteiger partial charge on any atom is -0.481 e. The number of hydrogen-bond donors (Lipinski definition) is 1. The maximum Gasteiger partial charge on any atom is 0.309 e. The van der Waals surface area contributed by atoms with Crippen molar-refractivity contribution in [3.63, 3.8) is 0 Å². The Kier molecular flexibility index (Phi) is 2.91. The molecule has 0 fully saturated rings. The monoisotopic (exact) mass is 214 g/mol. The molecule has 0 aliphatic carbocycles. The first-order valence-corrected chi connectivity index (χ1v) is 4.83. The summed E-state index contributed by atoms with van der Waals surface area (Å²) in [5, 5.41) is 8.60. The van der Waals surface area contributed by atoms with Crippen LogP contribution in [0, 0.1) is 0 Å². The van der Waals surface area contributed by atoms with Gasteiger partial charge >= 0.3 is 5.97 Å². The minimum absolute atomic E-state index is 0.0483. The summed E-state index contributed by atoms with van der Waals surface area (Å²) in [5.74, 6) is -0.873. The molecule has 0 aliphatic heterocycles. The number of aliphatic carboxylic acids is 1. The summed E-state index contributed by atoms with van der Waals surface area (Å²) in [6.45, 7) is 0. The highest BCUT2D eigenvalue weighted by atomic mass is 16.4. The fraction of sp³-hybridized carbons (Fsp3) is 0.0833. The molecule has 0 radical (unpaired) electrons. The van der Waals surface area contributed by atoms with Crippen molar-refractivity contribution in [2.75, 3.05) is 0 Å². The van der Waals surface area contributed by atoms with E-state index in [2.05, 4.69) is 9.97 Å². The molecule has 2 heterocycles. The van der Waals surface area contributed by atoms with Crippen molar-refractivity contribution < 1.29 is 9.90 Å². The molecule has 80 valence electrons. The molecule has 0 saturated carbocycles. The van der Waals surface area contributed by atoms with Gasteiger partial charge in [-0.05, 0) is 12.1 Å². The number of rotatable bonds is 3. The van der Waals surface area contributed by atoms with E-state index in [0.717, 1.165) is 11.1 Å². The van der Waals surface area contributed by atoms with Crippen LogP contribution < -0.4 is 0 Å². The highest BCUT2D eigenvalue weighted by molar-refractivity contribution is 5.70. The van der Waals surface area contributed by atoms with Gasteiger partial charge in [0.1, 0.15) is 0 Å². The Hall–Kier alpha value is -2.23. The van der Waals surface area contributed by atoms with E-state index >= 15 is 0 Å². The molecular formula is C12H10N2O2. The number of carboxylic acids is 1. The maximum atomic E-state index is 10.5. The van der Waals surface area contributed by atoms with Crippen LogP contribution in [0.5, 0.6) is 0 Å². The van der Waals surface area contributed by atoms with E-state index in [4.69, 9.17) is 5.11 Å². The second-order valence-corrected chi connectivity index (χ2v) is 3.35. The van der Waals surface area contributed by atoms with Crippen molar-refractivity contribution >= 4 is 5.97 Å². The lowest BCUT2D eigenvalue weighted by atomic mass is 10.1. The lowest BCUT2D eigenvalue weighted by Gasteiger charge is -2.01. The molecule has 0 aromatic carbocycles. The molecule has 2 aromatic heterocycles. The summed E-state index contributed by atoms with van der Waals surface area (Å²) in [6, 6.07) is 7.35. The zero-order valence-corrected chi connectivity index (χ0v) is 8.50. The molecule has 0 aliphatic rings. The molecule has 0 spiro atoms. The second-order valence-electron chi connectivity index (χ2n) is 3.35. The van der Waals surface area contributed by atoms with Gasteiger partial charge in [0.15, 0.2) is 0 Å². The van der Waals surface area contributed by atoms with Crippen LogP contribution in [0.4, 0.5) is 0 Å². The third-order valence-electron chi connectivity index (χ3n) is 2.15. The van der Waals surface area contributed by atoms with Crippen LogP contribution in [0.1, 0.15) is 5.69 Å². The van der Waals surface area contributed by atoms with Crippen molar-refractivity contribution in [1.29, 1.82) is 0 Å². The van der Waals surface area contributed by atoms with E-state index in [1.54, 1.807) is 24.7 Å². The molecule has 0 saturated heterocycles. The summed E-state index contributed by atoms with van der Waals surface area (Å²) < 4.78 is 0. The standard InChI is InChI=1S/C12H10N2O2/c15-12(16)6-11-4-3-10(8-14-11)9-2-1-5-13-7-9/h1-5,7-8H,6H2,(H,15,16). The van der Waals surface area contributed by atoms with E-state index in [0.29, 0.717) is 5.69 Å². The number of carboxylic acid groups (broad SMARTS) is 1. The quantitative estimate of drug-likeness (QED) is 0.845. The van der Waals surface area contributed by atoms with E-state index in [1.807, 2.05) is 18.2 Å². The molecule has 0 atom stereocenters. The van der Waals surface area contributed by atoms with Crippen molar-refractivity contribution in [3.05, 3.63) is 48.5 Å². The molecule has 16 heavy (non-hydrogen) atoms. The van der Waals surface area contributed by atoms with E-state index in [-0.39, 0.29) is 6.42 Å². The third-order valence-corrected chi connectivity index (χ3v) is 2.15. The van der Waals surface area contributed by atoms with Crippen LogP contribution in [0.2, 0.25) is 0 Å². The van der Waals surface area contributed by atoms with Gasteiger partial charge in [0.25, 0.3) is 0 Å². The van der Waals surface area contributed by atoms with Gasteiger partial charge in [-0.3, -0.25) is 14.8 Å². The van der Waals surface area contributed by atoms with Crippen LogP contribution in [-0.2, 0) is 11.2 Å². The average Bonchev–Trinajstić information content (AvgIpc) is 2.30. The van der Waals surface area contributed by atoms with Crippen molar-refractivity contribution in [1.82, 2.24) is 9.97 Å².